The van der Waals surface area contributed by atoms with E-state index in [9.17, 15) is 0 Å². The third-order valence-electron chi connectivity index (χ3n) is 4.00. The molecule has 0 aromatic carbocycles. The lowest BCUT2D eigenvalue weighted by Gasteiger charge is -2.33. The second-order valence-electron chi connectivity index (χ2n) is 5.30. The summed E-state index contributed by atoms with van der Waals surface area (Å²) < 4.78 is 0. The van der Waals surface area contributed by atoms with Crippen LogP contribution in [0.15, 0.2) is 0 Å². The fourth-order valence-electron chi connectivity index (χ4n) is 2.72. The molecule has 1 saturated carbocycles. The van der Waals surface area contributed by atoms with E-state index < -0.39 is 0 Å². The number of hydrogen-bond acceptors (Lipinski definition) is 2. The van der Waals surface area contributed by atoms with Crippen molar-refractivity contribution in [2.45, 2.75) is 65.0 Å². The third-order valence-corrected chi connectivity index (χ3v) is 4.00. The average Bonchev–Trinajstić information content (AvgIpc) is 2.29. The van der Waals surface area contributed by atoms with Gasteiger partial charge in [-0.2, -0.15) is 0 Å². The summed E-state index contributed by atoms with van der Waals surface area (Å²) in [6.07, 6.45) is 7.06. The van der Waals surface area contributed by atoms with Crippen LogP contribution in [0.5, 0.6) is 0 Å². The number of rotatable bonds is 5. The molecule has 1 fully saturated rings. The second kappa shape index (κ2) is 6.49. The molecule has 0 bridgehead atoms. The maximum Gasteiger partial charge on any atom is 0.0582 e. The minimum absolute atomic E-state index is 0.228. The summed E-state index contributed by atoms with van der Waals surface area (Å²) in [6.45, 7) is 6.90. The van der Waals surface area contributed by atoms with E-state index in [0.29, 0.717) is 6.04 Å². The Labute approximate surface area is 94.5 Å². The molecule has 1 aliphatic carbocycles. The Bertz CT molecular complexity index is 166. The number of hydrogen-bond donors (Lipinski definition) is 2. The van der Waals surface area contributed by atoms with E-state index in [1.165, 1.54) is 32.1 Å². The molecule has 0 aromatic rings. The van der Waals surface area contributed by atoms with Gasteiger partial charge in [0.1, 0.15) is 0 Å². The van der Waals surface area contributed by atoms with Gasteiger partial charge < -0.3 is 10.4 Å². The Kier molecular flexibility index (Phi) is 5.62. The molecule has 0 heterocycles. The highest BCUT2D eigenvalue weighted by Crippen LogP contribution is 2.31. The summed E-state index contributed by atoms with van der Waals surface area (Å²) in [5.41, 5.74) is 0. The predicted molar refractivity (Wildman–Crippen MR) is 64.9 cm³/mol. The summed E-state index contributed by atoms with van der Waals surface area (Å²) in [5.74, 6) is 1.63. The van der Waals surface area contributed by atoms with Gasteiger partial charge in [0.15, 0.2) is 0 Å². The lowest BCUT2D eigenvalue weighted by Crippen LogP contribution is -2.42. The van der Waals surface area contributed by atoms with Gasteiger partial charge in [0.2, 0.25) is 0 Å². The smallest absolute Gasteiger partial charge is 0.0582 e. The Morgan fingerprint density at radius 2 is 1.73 bits per heavy atom. The molecule has 0 amide bonds. The summed E-state index contributed by atoms with van der Waals surface area (Å²) in [6, 6.07) is 0.751. The molecule has 0 aliphatic heterocycles. The molecule has 15 heavy (non-hydrogen) atoms. The minimum atomic E-state index is 0.228. The Morgan fingerprint density at radius 3 is 2.27 bits per heavy atom. The summed E-state index contributed by atoms with van der Waals surface area (Å²) in [4.78, 5) is 0. The van der Waals surface area contributed by atoms with Crippen LogP contribution in [0.2, 0.25) is 0 Å². The van der Waals surface area contributed by atoms with E-state index in [-0.39, 0.29) is 12.6 Å². The minimum Gasteiger partial charge on any atom is -0.395 e. The van der Waals surface area contributed by atoms with Gasteiger partial charge in [-0.1, -0.05) is 39.0 Å². The van der Waals surface area contributed by atoms with Gasteiger partial charge >= 0.3 is 0 Å². The van der Waals surface area contributed by atoms with Gasteiger partial charge in [0.25, 0.3) is 0 Å². The van der Waals surface area contributed by atoms with Crippen LogP contribution in [0, 0.1) is 11.8 Å². The highest BCUT2D eigenvalue weighted by Gasteiger charge is 2.24. The van der Waals surface area contributed by atoms with Gasteiger partial charge in [0, 0.05) is 12.1 Å². The van der Waals surface area contributed by atoms with Gasteiger partial charge in [0.05, 0.1) is 6.61 Å². The monoisotopic (exact) mass is 213 g/mol. The molecule has 2 N–H and O–H groups in total. The summed E-state index contributed by atoms with van der Waals surface area (Å²) >= 11 is 0. The first-order valence-corrected chi connectivity index (χ1v) is 6.52. The van der Waals surface area contributed by atoms with Crippen molar-refractivity contribution in [3.63, 3.8) is 0 Å². The van der Waals surface area contributed by atoms with Crippen LogP contribution >= 0.6 is 0 Å². The standard InChI is InChI=1S/C13H27NO/c1-10(9-15)14-12(3)11(2)13-7-5-4-6-8-13/h10-15H,4-9H2,1-3H3/t10-,11?,12?/m0/s1. The average molecular weight is 213 g/mol. The highest BCUT2D eigenvalue weighted by atomic mass is 16.3. The van der Waals surface area contributed by atoms with Gasteiger partial charge in [-0.3, -0.25) is 0 Å². The molecular weight excluding hydrogens is 186 g/mol. The van der Waals surface area contributed by atoms with Crippen LogP contribution < -0.4 is 5.32 Å². The first-order valence-electron chi connectivity index (χ1n) is 6.52. The summed E-state index contributed by atoms with van der Waals surface area (Å²) in [5, 5.41) is 12.5. The van der Waals surface area contributed by atoms with Crippen LogP contribution in [-0.2, 0) is 0 Å². The van der Waals surface area contributed by atoms with Crippen molar-refractivity contribution in [1.82, 2.24) is 5.32 Å². The fraction of sp³-hybridized carbons (Fsp3) is 1.00. The van der Waals surface area contributed by atoms with E-state index in [1.54, 1.807) is 0 Å². The maximum absolute atomic E-state index is 9.01. The van der Waals surface area contributed by atoms with Crippen molar-refractivity contribution < 1.29 is 5.11 Å². The van der Waals surface area contributed by atoms with E-state index in [0.717, 1.165) is 11.8 Å². The van der Waals surface area contributed by atoms with Crippen LogP contribution in [0.1, 0.15) is 52.9 Å². The highest BCUT2D eigenvalue weighted by molar-refractivity contribution is 4.79. The SMILES string of the molecule is CC(N[C@@H](C)CO)C(C)C1CCCCC1. The molecular formula is C13H27NO. The van der Waals surface area contributed by atoms with Crippen LogP contribution in [-0.4, -0.2) is 23.8 Å². The largest absolute Gasteiger partial charge is 0.395 e. The molecule has 3 atom stereocenters. The van der Waals surface area contributed by atoms with Gasteiger partial charge in [-0.25, -0.2) is 0 Å². The Hall–Kier alpha value is -0.0800. The molecule has 1 aliphatic rings. The molecule has 2 heteroatoms. The number of aliphatic hydroxyl groups excluding tert-OH is 1. The topological polar surface area (TPSA) is 32.3 Å². The van der Waals surface area contributed by atoms with Crippen molar-refractivity contribution in [2.24, 2.45) is 11.8 Å². The number of aliphatic hydroxyl groups is 1. The predicted octanol–water partition coefficient (Wildman–Crippen LogP) is 2.56. The first-order chi connectivity index (χ1) is 7.15. The lowest BCUT2D eigenvalue weighted by molar-refractivity contribution is 0.187. The lowest BCUT2D eigenvalue weighted by atomic mass is 9.78. The maximum atomic E-state index is 9.01. The van der Waals surface area contributed by atoms with Crippen molar-refractivity contribution in [2.75, 3.05) is 6.61 Å². The second-order valence-corrected chi connectivity index (χ2v) is 5.30. The quantitative estimate of drug-likeness (QED) is 0.735. The van der Waals surface area contributed by atoms with Crippen molar-refractivity contribution in [1.29, 1.82) is 0 Å². The molecule has 1 rings (SSSR count). The molecule has 0 spiro atoms. The fourth-order valence-corrected chi connectivity index (χ4v) is 2.72. The van der Waals surface area contributed by atoms with E-state index in [4.69, 9.17) is 5.11 Å². The normalized spacial score (nSPS) is 24.8. The third kappa shape index (κ3) is 4.12. The van der Waals surface area contributed by atoms with E-state index >= 15 is 0 Å². The van der Waals surface area contributed by atoms with Crippen LogP contribution in [0.3, 0.4) is 0 Å². The van der Waals surface area contributed by atoms with Gasteiger partial charge in [-0.05, 0) is 25.7 Å². The van der Waals surface area contributed by atoms with Crippen LogP contribution in [0.4, 0.5) is 0 Å². The Morgan fingerprint density at radius 1 is 1.13 bits per heavy atom. The molecule has 0 radical (unpaired) electrons. The molecule has 0 saturated heterocycles. The molecule has 0 aromatic heterocycles. The molecule has 90 valence electrons. The zero-order valence-corrected chi connectivity index (χ0v) is 10.5. The Balaban J connectivity index is 2.33. The summed E-state index contributed by atoms with van der Waals surface area (Å²) in [7, 11) is 0. The van der Waals surface area contributed by atoms with Crippen molar-refractivity contribution in [3.8, 4) is 0 Å². The van der Waals surface area contributed by atoms with Gasteiger partial charge in [-0.15, -0.1) is 0 Å². The number of nitrogens with one attached hydrogen (secondary N) is 1. The zero-order valence-electron chi connectivity index (χ0n) is 10.5. The first kappa shape index (κ1) is 13.0. The van der Waals surface area contributed by atoms with E-state index in [1.807, 2.05) is 6.92 Å². The van der Waals surface area contributed by atoms with Crippen molar-refractivity contribution in [3.05, 3.63) is 0 Å². The molecule has 2 unspecified atom stereocenters. The zero-order chi connectivity index (χ0) is 11.3. The van der Waals surface area contributed by atoms with E-state index in [2.05, 4.69) is 19.2 Å². The van der Waals surface area contributed by atoms with Crippen molar-refractivity contribution >= 4 is 0 Å². The molecule has 2 nitrogen and oxygen atoms in total. The van der Waals surface area contributed by atoms with Crippen LogP contribution in [0.25, 0.3) is 0 Å².